The molecular weight excluding hydrogens is 320 g/mol. The fourth-order valence-corrected chi connectivity index (χ4v) is 3.88. The Kier molecular flexibility index (Phi) is 3.84. The Bertz CT molecular complexity index is 828. The smallest absolute Gasteiger partial charge is 0.289 e. The van der Waals surface area contributed by atoms with E-state index in [1.165, 1.54) is 0 Å². The molecule has 1 atom stereocenters. The summed E-state index contributed by atoms with van der Waals surface area (Å²) < 4.78 is 10.6. The lowest BCUT2D eigenvalue weighted by Crippen LogP contribution is -2.51. The van der Waals surface area contributed by atoms with Crippen molar-refractivity contribution in [3.63, 3.8) is 0 Å². The van der Waals surface area contributed by atoms with Gasteiger partial charge in [-0.3, -0.25) is 9.59 Å². The summed E-state index contributed by atoms with van der Waals surface area (Å²) >= 11 is 0. The minimum atomic E-state index is -0.660. The number of anilines is 1. The van der Waals surface area contributed by atoms with Gasteiger partial charge in [-0.1, -0.05) is 18.2 Å². The lowest BCUT2D eigenvalue weighted by atomic mass is 9.75. The molecule has 25 heavy (non-hydrogen) atoms. The van der Waals surface area contributed by atoms with Crippen LogP contribution in [0.3, 0.4) is 0 Å². The van der Waals surface area contributed by atoms with Gasteiger partial charge in [0, 0.05) is 25.9 Å². The largest absolute Gasteiger partial charge is 0.453 e. The first kappa shape index (κ1) is 15.9. The van der Waals surface area contributed by atoms with Crippen molar-refractivity contribution in [2.24, 2.45) is 0 Å². The molecule has 2 aliphatic heterocycles. The molecule has 3 heterocycles. The highest BCUT2D eigenvalue weighted by Gasteiger charge is 2.50. The van der Waals surface area contributed by atoms with E-state index in [4.69, 9.17) is 9.15 Å². The second kappa shape index (κ2) is 6.04. The fraction of sp³-hybridized carbons (Fsp3) is 0.368. The van der Waals surface area contributed by atoms with Crippen molar-refractivity contribution in [2.75, 3.05) is 25.5 Å². The normalized spacial score (nSPS) is 22.1. The zero-order valence-electron chi connectivity index (χ0n) is 14.1. The number of carbonyl (C=O) groups is 2. The van der Waals surface area contributed by atoms with E-state index < -0.39 is 5.41 Å². The number of rotatable bonds is 3. The average Bonchev–Trinajstić information content (AvgIpc) is 3.19. The summed E-state index contributed by atoms with van der Waals surface area (Å²) in [7, 11) is 1.58. The molecule has 0 aliphatic carbocycles. The summed E-state index contributed by atoms with van der Waals surface area (Å²) in [5.41, 5.74) is 1.17. The lowest BCUT2D eigenvalue weighted by molar-refractivity contribution is -0.122. The molecule has 1 aromatic carbocycles. The van der Waals surface area contributed by atoms with Gasteiger partial charge in [0.05, 0.1) is 5.41 Å². The fourth-order valence-electron chi connectivity index (χ4n) is 3.88. The third-order valence-corrected chi connectivity index (χ3v) is 5.06. The van der Waals surface area contributed by atoms with Gasteiger partial charge in [-0.2, -0.15) is 0 Å². The summed E-state index contributed by atoms with van der Waals surface area (Å²) in [5.74, 6) is 0.696. The van der Waals surface area contributed by atoms with Crippen LogP contribution >= 0.6 is 0 Å². The van der Waals surface area contributed by atoms with Crippen LogP contribution < -0.4 is 5.32 Å². The van der Waals surface area contributed by atoms with Crippen LogP contribution in [0.1, 0.15) is 34.7 Å². The second-order valence-corrected chi connectivity index (χ2v) is 6.61. The molecule has 4 rings (SSSR count). The zero-order valence-corrected chi connectivity index (χ0v) is 14.1. The monoisotopic (exact) mass is 340 g/mol. The number of likely N-dealkylation sites (tertiary alicyclic amines) is 1. The topological polar surface area (TPSA) is 71.8 Å². The predicted molar refractivity (Wildman–Crippen MR) is 91.3 cm³/mol. The summed E-state index contributed by atoms with van der Waals surface area (Å²) in [5, 5.41) is 2.96. The molecule has 130 valence electrons. The third-order valence-electron chi connectivity index (χ3n) is 5.06. The van der Waals surface area contributed by atoms with Crippen molar-refractivity contribution in [3.05, 3.63) is 53.5 Å². The molecule has 0 bridgehead atoms. The van der Waals surface area contributed by atoms with Crippen molar-refractivity contribution in [2.45, 2.75) is 24.9 Å². The van der Waals surface area contributed by atoms with Crippen molar-refractivity contribution in [1.29, 1.82) is 0 Å². The Balaban J connectivity index is 1.61. The van der Waals surface area contributed by atoms with E-state index in [0.29, 0.717) is 25.5 Å². The molecule has 6 heteroatoms. The van der Waals surface area contributed by atoms with E-state index in [9.17, 15) is 9.59 Å². The van der Waals surface area contributed by atoms with E-state index in [-0.39, 0.29) is 17.6 Å². The number of benzene rings is 1. The Labute approximate surface area is 145 Å². The second-order valence-electron chi connectivity index (χ2n) is 6.61. The van der Waals surface area contributed by atoms with Gasteiger partial charge in [-0.25, -0.2) is 0 Å². The van der Waals surface area contributed by atoms with Gasteiger partial charge in [-0.15, -0.1) is 0 Å². The van der Waals surface area contributed by atoms with E-state index in [2.05, 4.69) is 5.32 Å². The maximum Gasteiger partial charge on any atom is 0.289 e. The average molecular weight is 340 g/mol. The lowest BCUT2D eigenvalue weighted by Gasteiger charge is -2.38. The number of ether oxygens (including phenoxy) is 1. The minimum Gasteiger partial charge on any atom is -0.453 e. The minimum absolute atomic E-state index is 0.0225. The standard InChI is InChI=1S/C19H20N2O4/c1-24-11-13-7-8-16(25-13)17(22)21-10-4-9-19(12-21)14-5-2-3-6-15(14)20-18(19)23/h2-3,5-8H,4,9-12H2,1H3,(H,20,23)/t19-/m1/s1. The summed E-state index contributed by atoms with van der Waals surface area (Å²) in [6.07, 6.45) is 1.52. The first-order valence-electron chi connectivity index (χ1n) is 8.42. The van der Waals surface area contributed by atoms with E-state index in [0.717, 1.165) is 24.1 Å². The molecule has 0 radical (unpaired) electrons. The molecule has 1 N–H and O–H groups in total. The SMILES string of the molecule is COCc1ccc(C(=O)N2CCC[C@]3(C2)C(=O)Nc2ccccc23)o1. The van der Waals surface area contributed by atoms with Crippen molar-refractivity contribution < 1.29 is 18.7 Å². The molecular formula is C19H20N2O4. The van der Waals surface area contributed by atoms with E-state index in [1.54, 1.807) is 24.1 Å². The quantitative estimate of drug-likeness (QED) is 0.932. The van der Waals surface area contributed by atoms with Gasteiger partial charge < -0.3 is 19.4 Å². The maximum atomic E-state index is 12.8. The molecule has 0 unspecified atom stereocenters. The number of hydrogen-bond acceptors (Lipinski definition) is 4. The molecule has 1 fully saturated rings. The molecule has 1 saturated heterocycles. The van der Waals surface area contributed by atoms with Crippen LogP contribution in [0.25, 0.3) is 0 Å². The maximum absolute atomic E-state index is 12.8. The van der Waals surface area contributed by atoms with Crippen LogP contribution in [0.2, 0.25) is 0 Å². The molecule has 1 aromatic heterocycles. The van der Waals surface area contributed by atoms with Gasteiger partial charge in [0.2, 0.25) is 5.91 Å². The number of nitrogens with one attached hydrogen (secondary N) is 1. The van der Waals surface area contributed by atoms with Crippen molar-refractivity contribution in [3.8, 4) is 0 Å². The third kappa shape index (κ3) is 2.53. The number of nitrogens with zero attached hydrogens (tertiary/aromatic N) is 1. The van der Waals surface area contributed by atoms with Crippen molar-refractivity contribution in [1.82, 2.24) is 4.90 Å². The molecule has 2 aromatic rings. The number of fused-ring (bicyclic) bond motifs is 2. The number of para-hydroxylation sites is 1. The highest BCUT2D eigenvalue weighted by Crippen LogP contribution is 2.43. The number of methoxy groups -OCH3 is 1. The van der Waals surface area contributed by atoms with Crippen molar-refractivity contribution >= 4 is 17.5 Å². The van der Waals surface area contributed by atoms with Crippen LogP contribution in [-0.4, -0.2) is 36.9 Å². The number of hydrogen-bond donors (Lipinski definition) is 1. The summed E-state index contributed by atoms with van der Waals surface area (Å²) in [6, 6.07) is 11.1. The molecule has 1 spiro atoms. The Morgan fingerprint density at radius 2 is 2.16 bits per heavy atom. The molecule has 0 saturated carbocycles. The Hall–Kier alpha value is -2.60. The number of amides is 2. The highest BCUT2D eigenvalue weighted by molar-refractivity contribution is 6.07. The molecule has 2 amide bonds. The number of carbonyl (C=O) groups excluding carboxylic acids is 2. The van der Waals surface area contributed by atoms with Gasteiger partial charge >= 0.3 is 0 Å². The summed E-state index contributed by atoms with van der Waals surface area (Å²) in [4.78, 5) is 27.3. The van der Waals surface area contributed by atoms with Crippen LogP contribution in [-0.2, 0) is 21.6 Å². The van der Waals surface area contributed by atoms with Gasteiger partial charge in [0.1, 0.15) is 12.4 Å². The summed E-state index contributed by atoms with van der Waals surface area (Å²) in [6.45, 7) is 1.32. The van der Waals surface area contributed by atoms with Crippen LogP contribution in [0, 0.1) is 0 Å². The number of furan rings is 1. The van der Waals surface area contributed by atoms with Gasteiger partial charge in [0.25, 0.3) is 5.91 Å². The highest BCUT2D eigenvalue weighted by atomic mass is 16.5. The molecule has 2 aliphatic rings. The van der Waals surface area contributed by atoms with Crippen LogP contribution in [0.15, 0.2) is 40.8 Å². The van der Waals surface area contributed by atoms with Crippen LogP contribution in [0.5, 0.6) is 0 Å². The Morgan fingerprint density at radius 1 is 1.32 bits per heavy atom. The first-order chi connectivity index (χ1) is 12.1. The number of piperidine rings is 1. The van der Waals surface area contributed by atoms with Gasteiger partial charge in [0.15, 0.2) is 5.76 Å². The van der Waals surface area contributed by atoms with E-state index in [1.807, 2.05) is 24.3 Å². The van der Waals surface area contributed by atoms with E-state index >= 15 is 0 Å². The predicted octanol–water partition coefficient (Wildman–Crippen LogP) is 2.55. The molecule has 6 nitrogen and oxygen atoms in total. The zero-order chi connectivity index (χ0) is 17.4. The van der Waals surface area contributed by atoms with Gasteiger partial charge in [-0.05, 0) is 36.6 Å². The first-order valence-corrected chi connectivity index (χ1v) is 8.42. The van der Waals surface area contributed by atoms with Crippen LogP contribution in [0.4, 0.5) is 5.69 Å². The Morgan fingerprint density at radius 3 is 3.00 bits per heavy atom.